The lowest BCUT2D eigenvalue weighted by Gasteiger charge is -2.45. The number of nitrogens with zero attached hydrogens (tertiary/aromatic N) is 3. The molecule has 0 spiro atoms. The van der Waals surface area contributed by atoms with E-state index >= 15 is 0 Å². The van der Waals surface area contributed by atoms with Crippen LogP contribution in [0.1, 0.15) is 55.8 Å². The van der Waals surface area contributed by atoms with E-state index in [-0.39, 0.29) is 5.97 Å². The summed E-state index contributed by atoms with van der Waals surface area (Å²) in [6.45, 7) is 4.16. The van der Waals surface area contributed by atoms with Crippen LogP contribution in [0.5, 0.6) is 0 Å². The van der Waals surface area contributed by atoms with Gasteiger partial charge in [0.05, 0.1) is 7.11 Å². The molecule has 144 valence electrons. The van der Waals surface area contributed by atoms with Gasteiger partial charge in [-0.3, -0.25) is 0 Å². The second-order valence-corrected chi connectivity index (χ2v) is 8.67. The summed E-state index contributed by atoms with van der Waals surface area (Å²) in [5.41, 5.74) is 0.535. The van der Waals surface area contributed by atoms with Crippen LogP contribution in [-0.4, -0.2) is 55.2 Å². The number of aromatic nitrogens is 1. The van der Waals surface area contributed by atoms with E-state index in [0.717, 1.165) is 35.8 Å². The number of esters is 1. The number of carbonyl (C=O) groups is 1. The fourth-order valence-corrected chi connectivity index (χ4v) is 4.97. The molecule has 2 heterocycles. The number of piperidine rings is 1. The Morgan fingerprint density at radius 2 is 2.04 bits per heavy atom. The normalized spacial score (nSPS) is 24.7. The quantitative estimate of drug-likeness (QED) is 0.681. The molecule has 0 amide bonds. The van der Waals surface area contributed by atoms with Gasteiger partial charge in [-0.1, -0.05) is 26.2 Å². The van der Waals surface area contributed by atoms with E-state index in [0.29, 0.717) is 17.5 Å². The highest BCUT2D eigenvalue weighted by Crippen LogP contribution is 2.31. The van der Waals surface area contributed by atoms with E-state index < -0.39 is 0 Å². The van der Waals surface area contributed by atoms with Crippen molar-refractivity contribution in [3.63, 3.8) is 0 Å². The summed E-state index contributed by atoms with van der Waals surface area (Å²) in [5, 5.41) is 0. The molecule has 2 aliphatic rings. The molecule has 1 aromatic heterocycles. The van der Waals surface area contributed by atoms with Gasteiger partial charge >= 0.3 is 5.97 Å². The molecule has 2 fully saturated rings. The maximum Gasteiger partial charge on any atom is 0.341 e. The molecule has 1 aromatic rings. The van der Waals surface area contributed by atoms with Crippen molar-refractivity contribution >= 4 is 27.7 Å². The van der Waals surface area contributed by atoms with Crippen molar-refractivity contribution in [3.8, 4) is 0 Å². The number of hydrogen-bond acceptors (Lipinski definition) is 5. The monoisotopic (exact) mass is 423 g/mol. The molecule has 2 unspecified atom stereocenters. The van der Waals surface area contributed by atoms with Crippen molar-refractivity contribution in [3.05, 3.63) is 22.3 Å². The predicted octanol–water partition coefficient (Wildman–Crippen LogP) is 4.11. The fraction of sp³-hybridized carbons (Fsp3) is 0.700. The number of carbonyl (C=O) groups excluding carboxylic acids is 1. The van der Waals surface area contributed by atoms with E-state index in [1.165, 1.54) is 39.2 Å². The third-order valence-corrected chi connectivity index (χ3v) is 6.51. The third kappa shape index (κ3) is 4.22. The Hall–Kier alpha value is -1.14. The SMILES string of the molecule is COC(=O)c1cc(Br)cnc1N1CCC(N(C)C2CCCCC2)C(C)C1. The second-order valence-electron chi connectivity index (χ2n) is 7.75. The Balaban J connectivity index is 1.71. The number of hydrogen-bond donors (Lipinski definition) is 0. The molecule has 6 heteroatoms. The standard InChI is InChI=1S/C20H30BrN3O2/c1-14-13-24(19-17(20(25)26-3)11-15(21)12-22-19)10-9-18(14)23(2)16-7-5-4-6-8-16/h11-12,14,16,18H,4-10,13H2,1-3H3. The molecule has 2 atom stereocenters. The number of rotatable bonds is 4. The highest BCUT2D eigenvalue weighted by molar-refractivity contribution is 9.10. The van der Waals surface area contributed by atoms with E-state index in [2.05, 4.69) is 44.7 Å². The second kappa shape index (κ2) is 8.70. The van der Waals surface area contributed by atoms with Crippen LogP contribution in [0.2, 0.25) is 0 Å². The summed E-state index contributed by atoms with van der Waals surface area (Å²) in [5.74, 6) is 0.945. The van der Waals surface area contributed by atoms with Crippen molar-refractivity contribution in [2.24, 2.45) is 5.92 Å². The Labute approximate surface area is 165 Å². The molecule has 1 saturated heterocycles. The summed E-state index contributed by atoms with van der Waals surface area (Å²) < 4.78 is 5.75. The molecule has 1 saturated carbocycles. The maximum absolute atomic E-state index is 12.2. The van der Waals surface area contributed by atoms with E-state index in [1.807, 2.05) is 0 Å². The first kappa shape index (κ1) is 19.6. The van der Waals surface area contributed by atoms with Crippen LogP contribution in [0, 0.1) is 5.92 Å². The number of anilines is 1. The van der Waals surface area contributed by atoms with Crippen molar-refractivity contribution in [1.82, 2.24) is 9.88 Å². The van der Waals surface area contributed by atoms with Crippen LogP contribution >= 0.6 is 15.9 Å². The van der Waals surface area contributed by atoms with Gasteiger partial charge in [-0.2, -0.15) is 0 Å². The molecule has 3 rings (SSSR count). The number of methoxy groups -OCH3 is 1. The molecule has 1 aliphatic heterocycles. The minimum atomic E-state index is -0.331. The van der Waals surface area contributed by atoms with Gasteiger partial charge in [0, 0.05) is 35.8 Å². The van der Waals surface area contributed by atoms with E-state index in [9.17, 15) is 4.79 Å². The molecule has 0 bridgehead atoms. The molecule has 0 radical (unpaired) electrons. The van der Waals surface area contributed by atoms with E-state index in [4.69, 9.17) is 4.74 Å². The van der Waals surface area contributed by atoms with Gasteiger partial charge in [0.2, 0.25) is 0 Å². The van der Waals surface area contributed by atoms with Crippen LogP contribution in [0.15, 0.2) is 16.7 Å². The van der Waals surface area contributed by atoms with Gasteiger partial charge in [-0.25, -0.2) is 9.78 Å². The molecular formula is C20H30BrN3O2. The highest BCUT2D eigenvalue weighted by atomic mass is 79.9. The van der Waals surface area contributed by atoms with Gasteiger partial charge in [-0.15, -0.1) is 0 Å². The summed E-state index contributed by atoms with van der Waals surface area (Å²) in [7, 11) is 3.73. The number of pyridine rings is 1. The lowest BCUT2D eigenvalue weighted by Crippen LogP contribution is -2.52. The summed E-state index contributed by atoms with van der Waals surface area (Å²) in [6.07, 6.45) is 9.67. The summed E-state index contributed by atoms with van der Waals surface area (Å²) >= 11 is 3.41. The molecule has 1 aliphatic carbocycles. The van der Waals surface area contributed by atoms with Gasteiger partial charge in [0.25, 0.3) is 0 Å². The molecular weight excluding hydrogens is 394 g/mol. The van der Waals surface area contributed by atoms with Crippen LogP contribution in [-0.2, 0) is 4.74 Å². The zero-order valence-electron chi connectivity index (χ0n) is 16.1. The predicted molar refractivity (Wildman–Crippen MR) is 108 cm³/mol. The average Bonchev–Trinajstić information content (AvgIpc) is 2.67. The molecule has 5 nitrogen and oxygen atoms in total. The highest BCUT2D eigenvalue weighted by Gasteiger charge is 2.34. The number of ether oxygens (including phenoxy) is 1. The first-order valence-electron chi connectivity index (χ1n) is 9.72. The average molecular weight is 424 g/mol. The zero-order valence-corrected chi connectivity index (χ0v) is 17.7. The fourth-order valence-electron chi connectivity index (χ4n) is 4.63. The van der Waals surface area contributed by atoms with Crippen LogP contribution in [0.4, 0.5) is 5.82 Å². The minimum absolute atomic E-state index is 0.331. The zero-order chi connectivity index (χ0) is 18.7. The largest absolute Gasteiger partial charge is 0.465 e. The van der Waals surface area contributed by atoms with Gasteiger partial charge < -0.3 is 14.5 Å². The van der Waals surface area contributed by atoms with Gasteiger partial charge in [-0.05, 0) is 54.2 Å². The van der Waals surface area contributed by atoms with Crippen LogP contribution in [0.3, 0.4) is 0 Å². The van der Waals surface area contributed by atoms with Crippen LogP contribution < -0.4 is 4.90 Å². The van der Waals surface area contributed by atoms with Gasteiger partial charge in [0.1, 0.15) is 11.4 Å². The van der Waals surface area contributed by atoms with Crippen molar-refractivity contribution in [1.29, 1.82) is 0 Å². The smallest absolute Gasteiger partial charge is 0.341 e. The molecule has 0 N–H and O–H groups in total. The van der Waals surface area contributed by atoms with Gasteiger partial charge in [0.15, 0.2) is 0 Å². The summed E-state index contributed by atoms with van der Waals surface area (Å²) in [6, 6.07) is 3.14. The molecule has 0 aromatic carbocycles. The third-order valence-electron chi connectivity index (χ3n) is 6.07. The van der Waals surface area contributed by atoms with Crippen molar-refractivity contribution in [2.45, 2.75) is 57.5 Å². The first-order chi connectivity index (χ1) is 12.5. The maximum atomic E-state index is 12.2. The number of halogens is 1. The lowest BCUT2D eigenvalue weighted by atomic mass is 9.88. The Morgan fingerprint density at radius 3 is 2.69 bits per heavy atom. The Bertz CT molecular complexity index is 633. The van der Waals surface area contributed by atoms with Crippen molar-refractivity contribution < 1.29 is 9.53 Å². The van der Waals surface area contributed by atoms with E-state index in [1.54, 1.807) is 12.3 Å². The van der Waals surface area contributed by atoms with Crippen LogP contribution in [0.25, 0.3) is 0 Å². The summed E-state index contributed by atoms with van der Waals surface area (Å²) in [4.78, 5) is 21.6. The first-order valence-corrected chi connectivity index (χ1v) is 10.5. The Morgan fingerprint density at radius 1 is 1.31 bits per heavy atom. The molecule has 26 heavy (non-hydrogen) atoms. The van der Waals surface area contributed by atoms with Crippen molar-refractivity contribution in [2.75, 3.05) is 32.1 Å². The Kier molecular flexibility index (Phi) is 6.56. The topological polar surface area (TPSA) is 45.7 Å². The lowest BCUT2D eigenvalue weighted by molar-refractivity contribution is 0.0600. The minimum Gasteiger partial charge on any atom is -0.465 e.